The van der Waals surface area contributed by atoms with E-state index in [4.69, 9.17) is 4.74 Å². The maximum absolute atomic E-state index is 11.9. The molecule has 0 spiro atoms. The largest absolute Gasteiger partial charge is 0.370 e. The van der Waals surface area contributed by atoms with Crippen molar-refractivity contribution in [1.29, 1.82) is 0 Å². The summed E-state index contributed by atoms with van der Waals surface area (Å²) in [6.07, 6.45) is 1.42. The maximum Gasteiger partial charge on any atom is 0.221 e. The van der Waals surface area contributed by atoms with Crippen molar-refractivity contribution < 1.29 is 9.53 Å². The van der Waals surface area contributed by atoms with Gasteiger partial charge in [-0.3, -0.25) is 9.79 Å². The van der Waals surface area contributed by atoms with Crippen molar-refractivity contribution in [2.24, 2.45) is 4.99 Å². The van der Waals surface area contributed by atoms with Gasteiger partial charge < -0.3 is 20.3 Å². The van der Waals surface area contributed by atoms with Crippen LogP contribution < -0.4 is 10.6 Å². The van der Waals surface area contributed by atoms with E-state index < -0.39 is 0 Å². The standard InChI is InChI=1S/C20H32N4O2/c1-5-16(3)23-19(25)10-11-22-20(21-4)24-12-13-26-18(14-24)17-9-7-6-8-15(17)2/h6-9,16,18H,5,10-14H2,1-4H3,(H,21,22)(H,23,25). The Morgan fingerprint density at radius 2 is 2.19 bits per heavy atom. The molecule has 0 aromatic heterocycles. The van der Waals surface area contributed by atoms with Gasteiger partial charge in [-0.05, 0) is 31.4 Å². The molecule has 1 aromatic carbocycles. The molecule has 1 amide bonds. The van der Waals surface area contributed by atoms with Gasteiger partial charge in [0.25, 0.3) is 0 Å². The van der Waals surface area contributed by atoms with Crippen LogP contribution in [0.25, 0.3) is 0 Å². The molecular formula is C20H32N4O2. The van der Waals surface area contributed by atoms with Crippen molar-refractivity contribution >= 4 is 11.9 Å². The lowest BCUT2D eigenvalue weighted by atomic mass is 10.0. The van der Waals surface area contributed by atoms with E-state index in [1.54, 1.807) is 7.05 Å². The second-order valence-corrected chi connectivity index (χ2v) is 6.76. The Bertz CT molecular complexity index is 618. The van der Waals surface area contributed by atoms with Gasteiger partial charge in [-0.25, -0.2) is 0 Å². The predicted molar refractivity (Wildman–Crippen MR) is 105 cm³/mol. The average molecular weight is 361 g/mol. The number of morpholine rings is 1. The fourth-order valence-electron chi connectivity index (χ4n) is 3.05. The van der Waals surface area contributed by atoms with Crippen molar-refractivity contribution in [3.8, 4) is 0 Å². The Kier molecular flexibility index (Phi) is 7.91. The van der Waals surface area contributed by atoms with E-state index in [0.29, 0.717) is 19.6 Å². The van der Waals surface area contributed by atoms with Gasteiger partial charge in [-0.15, -0.1) is 0 Å². The second kappa shape index (κ2) is 10.2. The van der Waals surface area contributed by atoms with Crippen LogP contribution in [0, 0.1) is 6.92 Å². The molecule has 0 bridgehead atoms. The van der Waals surface area contributed by atoms with Crippen LogP contribution in [0.5, 0.6) is 0 Å². The molecule has 1 fully saturated rings. The number of rotatable bonds is 6. The summed E-state index contributed by atoms with van der Waals surface area (Å²) in [4.78, 5) is 18.5. The molecule has 0 aliphatic carbocycles. The van der Waals surface area contributed by atoms with Crippen molar-refractivity contribution in [1.82, 2.24) is 15.5 Å². The molecule has 1 aliphatic rings. The van der Waals surface area contributed by atoms with Crippen molar-refractivity contribution in [3.05, 3.63) is 35.4 Å². The SMILES string of the molecule is CCC(C)NC(=O)CCNC(=NC)N1CCOC(c2ccccc2C)C1. The molecule has 6 heteroatoms. The van der Waals surface area contributed by atoms with E-state index in [1.807, 2.05) is 19.1 Å². The fraction of sp³-hybridized carbons (Fsp3) is 0.600. The Morgan fingerprint density at radius 3 is 2.88 bits per heavy atom. The zero-order chi connectivity index (χ0) is 18.9. The van der Waals surface area contributed by atoms with E-state index in [-0.39, 0.29) is 18.1 Å². The van der Waals surface area contributed by atoms with E-state index in [9.17, 15) is 4.79 Å². The summed E-state index contributed by atoms with van der Waals surface area (Å²) in [5, 5.41) is 6.29. The summed E-state index contributed by atoms with van der Waals surface area (Å²) in [5.74, 6) is 0.894. The van der Waals surface area contributed by atoms with Crippen LogP contribution >= 0.6 is 0 Å². The summed E-state index contributed by atoms with van der Waals surface area (Å²) >= 11 is 0. The highest BCUT2D eigenvalue weighted by Crippen LogP contribution is 2.24. The summed E-state index contributed by atoms with van der Waals surface area (Å²) in [7, 11) is 1.78. The number of ether oxygens (including phenoxy) is 1. The van der Waals surface area contributed by atoms with Gasteiger partial charge in [-0.2, -0.15) is 0 Å². The summed E-state index contributed by atoms with van der Waals surface area (Å²) in [6, 6.07) is 8.55. The number of carbonyl (C=O) groups is 1. The number of benzene rings is 1. The van der Waals surface area contributed by atoms with Gasteiger partial charge in [0.15, 0.2) is 5.96 Å². The molecule has 2 atom stereocenters. The topological polar surface area (TPSA) is 66.0 Å². The first kappa shape index (κ1) is 20.2. The smallest absolute Gasteiger partial charge is 0.221 e. The molecule has 1 aliphatic heterocycles. The number of amides is 1. The molecular weight excluding hydrogens is 328 g/mol. The second-order valence-electron chi connectivity index (χ2n) is 6.76. The van der Waals surface area contributed by atoms with Gasteiger partial charge in [0.2, 0.25) is 5.91 Å². The van der Waals surface area contributed by atoms with E-state index in [2.05, 4.69) is 46.5 Å². The lowest BCUT2D eigenvalue weighted by molar-refractivity contribution is -0.121. The predicted octanol–water partition coefficient (Wildman–Crippen LogP) is 2.25. The fourth-order valence-corrected chi connectivity index (χ4v) is 3.05. The lowest BCUT2D eigenvalue weighted by Gasteiger charge is -2.35. The van der Waals surface area contributed by atoms with Gasteiger partial charge >= 0.3 is 0 Å². The minimum Gasteiger partial charge on any atom is -0.370 e. The van der Waals surface area contributed by atoms with Crippen LogP contribution in [0.3, 0.4) is 0 Å². The molecule has 2 rings (SSSR count). The highest BCUT2D eigenvalue weighted by molar-refractivity contribution is 5.81. The minimum absolute atomic E-state index is 0.0391. The number of aryl methyl sites for hydroxylation is 1. The molecule has 2 unspecified atom stereocenters. The molecule has 2 N–H and O–H groups in total. The molecule has 1 heterocycles. The molecule has 1 saturated heterocycles. The minimum atomic E-state index is 0.0391. The molecule has 1 aromatic rings. The van der Waals surface area contributed by atoms with Crippen molar-refractivity contribution in [2.45, 2.75) is 45.8 Å². The maximum atomic E-state index is 11.9. The third-order valence-electron chi connectivity index (χ3n) is 4.77. The number of carbonyl (C=O) groups excluding carboxylic acids is 1. The zero-order valence-electron chi connectivity index (χ0n) is 16.4. The lowest BCUT2D eigenvalue weighted by Crippen LogP contribution is -2.49. The molecule has 144 valence electrons. The van der Waals surface area contributed by atoms with Crippen LogP contribution in [0.1, 0.15) is 43.9 Å². The van der Waals surface area contributed by atoms with Gasteiger partial charge in [0.1, 0.15) is 6.10 Å². The quantitative estimate of drug-likeness (QED) is 0.603. The molecule has 0 radical (unpaired) electrons. The van der Waals surface area contributed by atoms with Crippen LogP contribution in [0.2, 0.25) is 0 Å². The van der Waals surface area contributed by atoms with Crippen LogP contribution in [-0.2, 0) is 9.53 Å². The molecule has 0 saturated carbocycles. The third kappa shape index (κ3) is 5.73. The van der Waals surface area contributed by atoms with Crippen LogP contribution in [0.15, 0.2) is 29.3 Å². The van der Waals surface area contributed by atoms with Crippen LogP contribution in [0.4, 0.5) is 0 Å². The monoisotopic (exact) mass is 360 g/mol. The Morgan fingerprint density at radius 1 is 1.42 bits per heavy atom. The molecule has 6 nitrogen and oxygen atoms in total. The Hall–Kier alpha value is -2.08. The van der Waals surface area contributed by atoms with Crippen molar-refractivity contribution in [2.75, 3.05) is 33.3 Å². The number of hydrogen-bond acceptors (Lipinski definition) is 3. The van der Waals surface area contributed by atoms with E-state index in [1.165, 1.54) is 11.1 Å². The average Bonchev–Trinajstić information content (AvgIpc) is 2.65. The number of nitrogens with zero attached hydrogens (tertiary/aromatic N) is 2. The first-order chi connectivity index (χ1) is 12.5. The summed E-state index contributed by atoms with van der Waals surface area (Å²) in [5.41, 5.74) is 2.46. The first-order valence-electron chi connectivity index (χ1n) is 9.47. The van der Waals surface area contributed by atoms with Gasteiger partial charge in [0, 0.05) is 32.6 Å². The van der Waals surface area contributed by atoms with Crippen LogP contribution in [-0.4, -0.2) is 56.1 Å². The summed E-state index contributed by atoms with van der Waals surface area (Å²) in [6.45, 7) is 8.97. The van der Waals surface area contributed by atoms with Gasteiger partial charge in [-0.1, -0.05) is 31.2 Å². The number of nitrogens with one attached hydrogen (secondary N) is 2. The molecule has 26 heavy (non-hydrogen) atoms. The van der Waals surface area contributed by atoms with Crippen molar-refractivity contribution in [3.63, 3.8) is 0 Å². The highest BCUT2D eigenvalue weighted by atomic mass is 16.5. The normalized spacial score (nSPS) is 19.2. The number of hydrogen-bond donors (Lipinski definition) is 2. The number of guanidine groups is 1. The first-order valence-corrected chi connectivity index (χ1v) is 9.47. The highest BCUT2D eigenvalue weighted by Gasteiger charge is 2.25. The Labute approximate surface area is 157 Å². The Balaban J connectivity index is 1.87. The number of aliphatic imine (C=N–C) groups is 1. The summed E-state index contributed by atoms with van der Waals surface area (Å²) < 4.78 is 5.98. The zero-order valence-corrected chi connectivity index (χ0v) is 16.4. The third-order valence-corrected chi connectivity index (χ3v) is 4.77. The van der Waals surface area contributed by atoms with Gasteiger partial charge in [0.05, 0.1) is 13.2 Å². The van der Waals surface area contributed by atoms with E-state index in [0.717, 1.165) is 25.5 Å². The van der Waals surface area contributed by atoms with E-state index >= 15 is 0 Å².